The highest BCUT2D eigenvalue weighted by molar-refractivity contribution is 5.68. The van der Waals surface area contributed by atoms with Crippen molar-refractivity contribution in [2.24, 2.45) is 28.6 Å². The maximum atomic E-state index is 11.1. The van der Waals surface area contributed by atoms with Crippen molar-refractivity contribution >= 4 is 5.97 Å². The number of fused-ring (bicyclic) bond motifs is 2. The van der Waals surface area contributed by atoms with Gasteiger partial charge < -0.3 is 5.11 Å². The van der Waals surface area contributed by atoms with Crippen LogP contribution in [0.3, 0.4) is 0 Å². The fraction of sp³-hybridized carbons (Fsp3) is 0.933. The molecule has 3 atom stereocenters. The average Bonchev–Trinajstić information content (AvgIpc) is 2.23. The lowest BCUT2D eigenvalue weighted by Gasteiger charge is -2.65. The van der Waals surface area contributed by atoms with Crippen LogP contribution in [-0.4, -0.2) is 11.1 Å². The summed E-state index contributed by atoms with van der Waals surface area (Å²) in [6.07, 6.45) is 8.03. The number of carboxylic acid groups (broad SMARTS) is 1. The summed E-state index contributed by atoms with van der Waals surface area (Å²) in [6, 6.07) is 0. The molecular formula is C15H24O2. The Morgan fingerprint density at radius 1 is 1.24 bits per heavy atom. The van der Waals surface area contributed by atoms with Gasteiger partial charge in [0.1, 0.15) is 0 Å². The van der Waals surface area contributed by atoms with Gasteiger partial charge in [-0.1, -0.05) is 20.3 Å². The molecule has 1 N–H and O–H groups in total. The number of aliphatic carboxylic acids is 1. The molecule has 0 spiro atoms. The van der Waals surface area contributed by atoms with Crippen LogP contribution in [0, 0.1) is 28.6 Å². The van der Waals surface area contributed by atoms with Gasteiger partial charge in [-0.15, -0.1) is 0 Å². The molecule has 0 aromatic carbocycles. The minimum absolute atomic E-state index is 0.180. The predicted molar refractivity (Wildman–Crippen MR) is 66.6 cm³/mol. The third-order valence-corrected chi connectivity index (χ3v) is 6.50. The molecular weight excluding hydrogens is 212 g/mol. The van der Waals surface area contributed by atoms with Crippen molar-refractivity contribution in [1.82, 2.24) is 0 Å². The largest absolute Gasteiger partial charge is 0.481 e. The van der Waals surface area contributed by atoms with E-state index >= 15 is 0 Å². The van der Waals surface area contributed by atoms with E-state index in [0.717, 1.165) is 11.8 Å². The van der Waals surface area contributed by atoms with E-state index in [1.54, 1.807) is 0 Å². The smallest absolute Gasteiger partial charge is 0.303 e. The Morgan fingerprint density at radius 2 is 1.94 bits per heavy atom. The van der Waals surface area contributed by atoms with Gasteiger partial charge in [-0.3, -0.25) is 4.79 Å². The maximum Gasteiger partial charge on any atom is 0.303 e. The van der Waals surface area contributed by atoms with Gasteiger partial charge in [0.25, 0.3) is 0 Å². The van der Waals surface area contributed by atoms with Crippen molar-refractivity contribution in [3.05, 3.63) is 0 Å². The highest BCUT2D eigenvalue weighted by Gasteiger charge is 2.60. The lowest BCUT2D eigenvalue weighted by atomic mass is 9.39. The molecule has 17 heavy (non-hydrogen) atoms. The van der Waals surface area contributed by atoms with E-state index < -0.39 is 5.97 Å². The molecule has 0 aromatic heterocycles. The van der Waals surface area contributed by atoms with Crippen LogP contribution in [0.25, 0.3) is 0 Å². The summed E-state index contributed by atoms with van der Waals surface area (Å²) in [7, 11) is 0. The zero-order valence-corrected chi connectivity index (χ0v) is 11.0. The number of carbonyl (C=O) groups is 1. The monoisotopic (exact) mass is 236 g/mol. The Bertz CT molecular complexity index is 339. The Balaban J connectivity index is 1.81. The lowest BCUT2D eigenvalue weighted by Crippen LogP contribution is -2.58. The van der Waals surface area contributed by atoms with E-state index in [0.29, 0.717) is 17.8 Å². The van der Waals surface area contributed by atoms with Crippen molar-refractivity contribution < 1.29 is 9.90 Å². The summed E-state index contributed by atoms with van der Waals surface area (Å²) >= 11 is 0. The Kier molecular flexibility index (Phi) is 2.37. The molecule has 0 aromatic rings. The van der Waals surface area contributed by atoms with Crippen LogP contribution in [0.5, 0.6) is 0 Å². The molecule has 2 heteroatoms. The molecule has 0 heterocycles. The Hall–Kier alpha value is -0.530. The zero-order chi connectivity index (χ0) is 12.3. The predicted octanol–water partition coefficient (Wildman–Crippen LogP) is 3.70. The van der Waals surface area contributed by atoms with E-state index in [1.807, 2.05) is 0 Å². The highest BCUT2D eigenvalue weighted by Crippen LogP contribution is 2.68. The molecule has 3 unspecified atom stereocenters. The molecule has 0 radical (unpaired) electrons. The van der Waals surface area contributed by atoms with Gasteiger partial charge in [-0.25, -0.2) is 0 Å². The first-order valence-electron chi connectivity index (χ1n) is 7.17. The third-order valence-electron chi connectivity index (χ3n) is 6.50. The molecule has 2 bridgehead atoms. The first kappa shape index (κ1) is 11.6. The number of hydrogen-bond donors (Lipinski definition) is 1. The number of hydrogen-bond acceptors (Lipinski definition) is 1. The maximum absolute atomic E-state index is 11.1. The van der Waals surface area contributed by atoms with Gasteiger partial charge >= 0.3 is 5.97 Å². The van der Waals surface area contributed by atoms with Gasteiger partial charge in [-0.05, 0) is 60.7 Å². The van der Waals surface area contributed by atoms with Crippen LogP contribution < -0.4 is 0 Å². The second-order valence-electron chi connectivity index (χ2n) is 7.33. The Morgan fingerprint density at radius 3 is 2.35 bits per heavy atom. The molecule has 96 valence electrons. The van der Waals surface area contributed by atoms with Gasteiger partial charge in [0.05, 0.1) is 6.42 Å². The molecule has 0 aliphatic heterocycles. The summed E-state index contributed by atoms with van der Waals surface area (Å²) in [5.74, 6) is 1.85. The normalized spacial score (nSPS) is 41.2. The quantitative estimate of drug-likeness (QED) is 0.811. The fourth-order valence-electron chi connectivity index (χ4n) is 5.15. The number of carboxylic acids is 1. The van der Waals surface area contributed by atoms with E-state index in [1.165, 1.54) is 38.5 Å². The third kappa shape index (κ3) is 1.49. The SMILES string of the molecule is CC1(C)C2CCC(C3(CC(=O)O)CCC3)C1C2. The van der Waals surface area contributed by atoms with Gasteiger partial charge in [0.15, 0.2) is 0 Å². The van der Waals surface area contributed by atoms with Crippen LogP contribution in [0.4, 0.5) is 0 Å². The van der Waals surface area contributed by atoms with E-state index in [4.69, 9.17) is 0 Å². The van der Waals surface area contributed by atoms with Crippen molar-refractivity contribution in [2.45, 2.75) is 58.8 Å². The number of rotatable bonds is 3. The second kappa shape index (κ2) is 3.49. The highest BCUT2D eigenvalue weighted by atomic mass is 16.4. The van der Waals surface area contributed by atoms with Crippen LogP contribution in [0.15, 0.2) is 0 Å². The van der Waals surface area contributed by atoms with Crippen molar-refractivity contribution in [2.75, 3.05) is 0 Å². The molecule has 4 aliphatic carbocycles. The molecule has 4 saturated carbocycles. The summed E-state index contributed by atoms with van der Waals surface area (Å²) in [6.45, 7) is 4.82. The van der Waals surface area contributed by atoms with Crippen molar-refractivity contribution in [3.63, 3.8) is 0 Å². The van der Waals surface area contributed by atoms with Crippen molar-refractivity contribution in [3.8, 4) is 0 Å². The lowest BCUT2D eigenvalue weighted by molar-refractivity contribution is -0.173. The second-order valence-corrected chi connectivity index (χ2v) is 7.33. The minimum atomic E-state index is -0.580. The van der Waals surface area contributed by atoms with E-state index in [2.05, 4.69) is 13.8 Å². The van der Waals surface area contributed by atoms with Gasteiger partial charge in [0.2, 0.25) is 0 Å². The summed E-state index contributed by atoms with van der Waals surface area (Å²) in [5.41, 5.74) is 0.670. The molecule has 4 aliphatic rings. The molecule has 4 fully saturated rings. The molecule has 0 amide bonds. The standard InChI is InChI=1S/C15H24O2/c1-14(2)10-4-5-11(12(14)8-10)15(6-3-7-15)9-13(16)17/h10-12H,3-9H2,1-2H3,(H,16,17). The minimum Gasteiger partial charge on any atom is -0.481 e. The average molecular weight is 236 g/mol. The summed E-state index contributed by atoms with van der Waals surface area (Å²) in [4.78, 5) is 11.1. The molecule has 0 saturated heterocycles. The van der Waals surface area contributed by atoms with Crippen molar-refractivity contribution in [1.29, 1.82) is 0 Å². The topological polar surface area (TPSA) is 37.3 Å². The van der Waals surface area contributed by atoms with E-state index in [9.17, 15) is 9.90 Å². The zero-order valence-electron chi connectivity index (χ0n) is 11.0. The van der Waals surface area contributed by atoms with Gasteiger partial charge in [-0.2, -0.15) is 0 Å². The first-order chi connectivity index (χ1) is 7.96. The van der Waals surface area contributed by atoms with Crippen LogP contribution in [-0.2, 0) is 4.79 Å². The summed E-state index contributed by atoms with van der Waals surface area (Å²) in [5, 5.41) is 9.17. The Labute approximate surface area is 104 Å². The first-order valence-corrected chi connectivity index (χ1v) is 7.17. The molecule has 2 nitrogen and oxygen atoms in total. The van der Waals surface area contributed by atoms with Gasteiger partial charge in [0, 0.05) is 0 Å². The summed E-state index contributed by atoms with van der Waals surface area (Å²) < 4.78 is 0. The molecule has 4 rings (SSSR count). The van der Waals surface area contributed by atoms with E-state index in [-0.39, 0.29) is 5.41 Å². The fourth-order valence-corrected chi connectivity index (χ4v) is 5.15. The van der Waals surface area contributed by atoms with Crippen LogP contribution >= 0.6 is 0 Å². The van der Waals surface area contributed by atoms with Crippen LogP contribution in [0.2, 0.25) is 0 Å². The van der Waals surface area contributed by atoms with Crippen LogP contribution in [0.1, 0.15) is 58.8 Å².